The minimum absolute atomic E-state index is 0.136. The standard InChI is InChI=1S/C11H6BrF4N3O/c12-7-1-2-8(13)6(3-7)4-19-5-9(17-18-19)10(20)11(14,15)16/h1-3,5H,4H2. The Bertz CT molecular complexity index is 653. The van der Waals surface area contributed by atoms with Crippen LogP contribution in [0, 0.1) is 5.82 Å². The molecular formula is C11H6BrF4N3O. The number of aromatic nitrogens is 3. The number of rotatable bonds is 3. The van der Waals surface area contributed by atoms with E-state index in [-0.39, 0.29) is 12.1 Å². The lowest BCUT2D eigenvalue weighted by atomic mass is 10.2. The molecule has 0 aliphatic rings. The summed E-state index contributed by atoms with van der Waals surface area (Å²) in [6.07, 6.45) is -4.18. The number of Topliss-reactive ketones (excluding diaryl/α,β-unsaturated/α-hetero) is 1. The fourth-order valence-electron chi connectivity index (χ4n) is 1.46. The normalized spacial score (nSPS) is 11.7. The molecule has 0 saturated heterocycles. The van der Waals surface area contributed by atoms with Crippen LogP contribution in [0.25, 0.3) is 0 Å². The third-order valence-corrected chi connectivity index (χ3v) is 2.86. The summed E-state index contributed by atoms with van der Waals surface area (Å²) in [4.78, 5) is 10.9. The van der Waals surface area contributed by atoms with Gasteiger partial charge in [0.25, 0.3) is 5.78 Å². The Kier molecular flexibility index (Phi) is 3.89. The Hall–Kier alpha value is -1.77. The SMILES string of the molecule is O=C(c1cn(Cc2cc(Br)ccc2F)nn1)C(F)(F)F. The lowest BCUT2D eigenvalue weighted by molar-refractivity contribution is -0.0888. The molecule has 0 radical (unpaired) electrons. The molecule has 9 heteroatoms. The van der Waals surface area contributed by atoms with E-state index in [4.69, 9.17) is 0 Å². The third-order valence-electron chi connectivity index (χ3n) is 2.37. The summed E-state index contributed by atoms with van der Waals surface area (Å²) in [5, 5.41) is 6.52. The van der Waals surface area contributed by atoms with Crippen molar-refractivity contribution in [2.75, 3.05) is 0 Å². The fraction of sp³-hybridized carbons (Fsp3) is 0.182. The Balaban J connectivity index is 2.22. The number of ketones is 1. The van der Waals surface area contributed by atoms with Crippen molar-refractivity contribution >= 4 is 21.7 Å². The summed E-state index contributed by atoms with van der Waals surface area (Å²) < 4.78 is 51.6. The maximum absolute atomic E-state index is 13.5. The summed E-state index contributed by atoms with van der Waals surface area (Å²) in [6, 6.07) is 4.15. The number of carbonyl (C=O) groups is 1. The predicted molar refractivity (Wildman–Crippen MR) is 63.6 cm³/mol. The van der Waals surface area contributed by atoms with Crippen LogP contribution in [0.5, 0.6) is 0 Å². The van der Waals surface area contributed by atoms with Crippen molar-refractivity contribution in [1.82, 2.24) is 15.0 Å². The highest BCUT2D eigenvalue weighted by Crippen LogP contribution is 2.20. The van der Waals surface area contributed by atoms with Crippen molar-refractivity contribution in [3.63, 3.8) is 0 Å². The van der Waals surface area contributed by atoms with Gasteiger partial charge in [0.1, 0.15) is 5.82 Å². The quantitative estimate of drug-likeness (QED) is 0.630. The van der Waals surface area contributed by atoms with E-state index in [1.54, 1.807) is 0 Å². The van der Waals surface area contributed by atoms with E-state index in [1.165, 1.54) is 18.2 Å². The zero-order valence-electron chi connectivity index (χ0n) is 9.66. The molecule has 0 aliphatic carbocycles. The highest BCUT2D eigenvalue weighted by Gasteiger charge is 2.41. The second-order valence-electron chi connectivity index (χ2n) is 3.86. The van der Waals surface area contributed by atoms with E-state index in [0.717, 1.165) is 10.9 Å². The molecule has 1 aromatic heterocycles. The molecule has 1 heterocycles. The second kappa shape index (κ2) is 5.31. The highest BCUT2D eigenvalue weighted by atomic mass is 79.9. The fourth-order valence-corrected chi connectivity index (χ4v) is 1.87. The molecule has 0 fully saturated rings. The molecule has 4 nitrogen and oxygen atoms in total. The highest BCUT2D eigenvalue weighted by molar-refractivity contribution is 9.10. The minimum atomic E-state index is -5.01. The number of hydrogen-bond donors (Lipinski definition) is 0. The van der Waals surface area contributed by atoms with Crippen LogP contribution >= 0.6 is 15.9 Å². The molecule has 0 N–H and O–H groups in total. The number of nitrogens with zero attached hydrogens (tertiary/aromatic N) is 3. The first-order chi connectivity index (χ1) is 9.27. The average Bonchev–Trinajstić information content (AvgIpc) is 2.80. The van der Waals surface area contributed by atoms with Crippen molar-refractivity contribution in [3.05, 3.63) is 45.9 Å². The van der Waals surface area contributed by atoms with Gasteiger partial charge in [-0.3, -0.25) is 4.79 Å². The second-order valence-corrected chi connectivity index (χ2v) is 4.78. The maximum atomic E-state index is 13.5. The summed E-state index contributed by atoms with van der Waals surface area (Å²) in [5.74, 6) is -2.62. The Morgan fingerprint density at radius 1 is 1.35 bits per heavy atom. The predicted octanol–water partition coefficient (Wildman–Crippen LogP) is 2.97. The number of alkyl halides is 3. The molecule has 0 unspecified atom stereocenters. The molecule has 2 aromatic rings. The van der Waals surface area contributed by atoms with Gasteiger partial charge >= 0.3 is 6.18 Å². The van der Waals surface area contributed by atoms with Crippen LogP contribution in [-0.2, 0) is 6.54 Å². The number of carbonyl (C=O) groups excluding carboxylic acids is 1. The summed E-state index contributed by atoms with van der Waals surface area (Å²) in [6.45, 7) is -0.136. The van der Waals surface area contributed by atoms with E-state index in [1.807, 2.05) is 0 Å². The van der Waals surface area contributed by atoms with Crippen LogP contribution in [0.15, 0.2) is 28.9 Å². The largest absolute Gasteiger partial charge is 0.456 e. The summed E-state index contributed by atoms with van der Waals surface area (Å²) >= 11 is 3.15. The summed E-state index contributed by atoms with van der Waals surface area (Å²) in [5.41, 5.74) is -0.622. The van der Waals surface area contributed by atoms with Gasteiger partial charge < -0.3 is 0 Å². The molecule has 1 aromatic carbocycles. The van der Waals surface area contributed by atoms with E-state index in [9.17, 15) is 22.4 Å². The minimum Gasteiger partial charge on any atom is -0.282 e. The first-order valence-corrected chi connectivity index (χ1v) is 6.02. The molecule has 20 heavy (non-hydrogen) atoms. The maximum Gasteiger partial charge on any atom is 0.456 e. The van der Waals surface area contributed by atoms with E-state index >= 15 is 0 Å². The van der Waals surface area contributed by atoms with Crippen LogP contribution in [0.2, 0.25) is 0 Å². The van der Waals surface area contributed by atoms with Crippen molar-refractivity contribution in [1.29, 1.82) is 0 Å². The zero-order chi connectivity index (χ0) is 14.9. The van der Waals surface area contributed by atoms with E-state index in [0.29, 0.717) is 4.47 Å². The average molecular weight is 352 g/mol. The molecule has 0 saturated carbocycles. The first kappa shape index (κ1) is 14.6. The van der Waals surface area contributed by atoms with E-state index in [2.05, 4.69) is 26.2 Å². The van der Waals surface area contributed by atoms with Crippen molar-refractivity contribution in [2.45, 2.75) is 12.7 Å². The number of halogens is 5. The molecule has 2 rings (SSSR count). The third kappa shape index (κ3) is 3.21. The van der Waals surface area contributed by atoms with Crippen molar-refractivity contribution in [3.8, 4) is 0 Å². The number of hydrogen-bond acceptors (Lipinski definition) is 3. The smallest absolute Gasteiger partial charge is 0.282 e. The molecule has 0 atom stereocenters. The van der Waals surface area contributed by atoms with E-state index < -0.39 is 23.5 Å². The van der Waals surface area contributed by atoms with Crippen molar-refractivity contribution < 1.29 is 22.4 Å². The Labute approximate surface area is 118 Å². The molecular weight excluding hydrogens is 346 g/mol. The van der Waals surface area contributed by atoms with Gasteiger partial charge in [-0.1, -0.05) is 21.1 Å². The van der Waals surface area contributed by atoms with Crippen LogP contribution in [0.4, 0.5) is 17.6 Å². The van der Waals surface area contributed by atoms with Gasteiger partial charge in [-0.25, -0.2) is 9.07 Å². The van der Waals surface area contributed by atoms with Gasteiger partial charge in [-0.05, 0) is 18.2 Å². The number of benzene rings is 1. The topological polar surface area (TPSA) is 47.8 Å². The Morgan fingerprint density at radius 3 is 2.70 bits per heavy atom. The molecule has 0 amide bonds. The van der Waals surface area contributed by atoms with Gasteiger partial charge in [-0.2, -0.15) is 13.2 Å². The van der Waals surface area contributed by atoms with Crippen molar-refractivity contribution in [2.24, 2.45) is 0 Å². The molecule has 0 bridgehead atoms. The molecule has 106 valence electrons. The molecule has 0 aliphatic heterocycles. The summed E-state index contributed by atoms with van der Waals surface area (Å²) in [7, 11) is 0. The van der Waals surface area contributed by atoms with Crippen LogP contribution in [0.3, 0.4) is 0 Å². The lowest BCUT2D eigenvalue weighted by Gasteiger charge is -2.03. The van der Waals surface area contributed by atoms with Gasteiger partial charge in [0.15, 0.2) is 5.69 Å². The lowest BCUT2D eigenvalue weighted by Crippen LogP contribution is -2.23. The monoisotopic (exact) mass is 351 g/mol. The van der Waals surface area contributed by atoms with Gasteiger partial charge in [0.05, 0.1) is 12.7 Å². The van der Waals surface area contributed by atoms with Gasteiger partial charge in [0, 0.05) is 10.0 Å². The van der Waals surface area contributed by atoms with Crippen LogP contribution in [-0.4, -0.2) is 27.0 Å². The van der Waals surface area contributed by atoms with Gasteiger partial charge in [0.2, 0.25) is 0 Å². The van der Waals surface area contributed by atoms with Crippen LogP contribution in [0.1, 0.15) is 16.1 Å². The first-order valence-electron chi connectivity index (χ1n) is 5.23. The van der Waals surface area contributed by atoms with Gasteiger partial charge in [-0.15, -0.1) is 5.10 Å². The van der Waals surface area contributed by atoms with Crippen LogP contribution < -0.4 is 0 Å². The molecule has 0 spiro atoms. The zero-order valence-corrected chi connectivity index (χ0v) is 11.2. The Morgan fingerprint density at radius 2 is 2.05 bits per heavy atom.